The number of hydrogen-bond acceptors (Lipinski definition) is 6. The highest BCUT2D eigenvalue weighted by Crippen LogP contribution is 2.40. The number of rotatable bonds is 7. The Morgan fingerprint density at radius 1 is 1.34 bits per heavy atom. The van der Waals surface area contributed by atoms with Crippen molar-refractivity contribution in [3.8, 4) is 11.6 Å². The zero-order valence-electron chi connectivity index (χ0n) is 16.9. The number of fused-ring (bicyclic) bond motifs is 1. The van der Waals surface area contributed by atoms with Gasteiger partial charge in [-0.1, -0.05) is 6.07 Å². The first-order valence-electron chi connectivity index (χ1n) is 9.22. The van der Waals surface area contributed by atoms with Crippen LogP contribution in [0.25, 0.3) is 10.9 Å². The number of esters is 1. The molecule has 1 aromatic carbocycles. The highest BCUT2D eigenvalue weighted by atomic mass is 79.9. The molecule has 0 spiro atoms. The second-order valence-corrected chi connectivity index (χ2v) is 7.73. The molecule has 8 heteroatoms. The summed E-state index contributed by atoms with van der Waals surface area (Å²) in [6.45, 7) is 2.61. The SMILES string of the molecule is CCOC(=O)c1c(COc2ccccn2)n(C)c2cc(Br)c(O)c(CN(C)C)c12. The lowest BCUT2D eigenvalue weighted by molar-refractivity contribution is 0.0525. The molecule has 0 aliphatic heterocycles. The first-order chi connectivity index (χ1) is 13.8. The van der Waals surface area contributed by atoms with Crippen LogP contribution in [-0.2, 0) is 24.9 Å². The highest BCUT2D eigenvalue weighted by Gasteiger charge is 2.27. The van der Waals surface area contributed by atoms with Crippen LogP contribution in [0.2, 0.25) is 0 Å². The minimum Gasteiger partial charge on any atom is -0.506 e. The Balaban J connectivity index is 2.22. The summed E-state index contributed by atoms with van der Waals surface area (Å²) in [5, 5.41) is 11.4. The second-order valence-electron chi connectivity index (χ2n) is 6.88. The van der Waals surface area contributed by atoms with E-state index in [-0.39, 0.29) is 19.0 Å². The number of carbonyl (C=O) groups is 1. The molecule has 154 valence electrons. The van der Waals surface area contributed by atoms with Gasteiger partial charge >= 0.3 is 5.97 Å². The fourth-order valence-corrected chi connectivity index (χ4v) is 3.77. The lowest BCUT2D eigenvalue weighted by Crippen LogP contribution is -2.13. The summed E-state index contributed by atoms with van der Waals surface area (Å²) < 4.78 is 13.6. The van der Waals surface area contributed by atoms with E-state index in [4.69, 9.17) is 9.47 Å². The van der Waals surface area contributed by atoms with Crippen molar-refractivity contribution >= 4 is 32.8 Å². The molecule has 0 amide bonds. The van der Waals surface area contributed by atoms with E-state index in [1.165, 1.54) is 0 Å². The number of aryl methyl sites for hydroxylation is 1. The maximum Gasteiger partial charge on any atom is 0.340 e. The molecular formula is C21H24BrN3O4. The number of hydrogen-bond donors (Lipinski definition) is 1. The predicted molar refractivity (Wildman–Crippen MR) is 114 cm³/mol. The summed E-state index contributed by atoms with van der Waals surface area (Å²) in [7, 11) is 5.68. The first-order valence-corrected chi connectivity index (χ1v) is 10.0. The lowest BCUT2D eigenvalue weighted by Gasteiger charge is -2.15. The van der Waals surface area contributed by atoms with Crippen LogP contribution >= 0.6 is 15.9 Å². The van der Waals surface area contributed by atoms with Gasteiger partial charge in [-0.2, -0.15) is 0 Å². The number of carbonyl (C=O) groups excluding carboxylic acids is 1. The summed E-state index contributed by atoms with van der Waals surface area (Å²) in [4.78, 5) is 19.0. The third-order valence-corrected chi connectivity index (χ3v) is 5.19. The van der Waals surface area contributed by atoms with E-state index in [2.05, 4.69) is 20.9 Å². The van der Waals surface area contributed by atoms with Gasteiger partial charge in [0.15, 0.2) is 0 Å². The third kappa shape index (κ3) is 4.23. The summed E-state index contributed by atoms with van der Waals surface area (Å²) in [6.07, 6.45) is 1.65. The molecule has 29 heavy (non-hydrogen) atoms. The van der Waals surface area contributed by atoms with Crippen molar-refractivity contribution < 1.29 is 19.4 Å². The van der Waals surface area contributed by atoms with Gasteiger partial charge < -0.3 is 24.0 Å². The Morgan fingerprint density at radius 2 is 2.10 bits per heavy atom. The Hall–Kier alpha value is -2.58. The van der Waals surface area contributed by atoms with Gasteiger partial charge in [-0.05, 0) is 49.1 Å². The lowest BCUT2D eigenvalue weighted by atomic mass is 10.0. The molecule has 3 rings (SSSR count). The van der Waals surface area contributed by atoms with Gasteiger partial charge in [-0.3, -0.25) is 0 Å². The zero-order chi connectivity index (χ0) is 21.1. The average Bonchev–Trinajstić information content (AvgIpc) is 2.96. The second kappa shape index (κ2) is 8.84. The molecule has 0 bridgehead atoms. The van der Waals surface area contributed by atoms with Crippen LogP contribution < -0.4 is 4.74 Å². The number of phenols is 1. The smallest absolute Gasteiger partial charge is 0.340 e. The fraction of sp³-hybridized carbons (Fsp3) is 0.333. The minimum absolute atomic E-state index is 0.111. The van der Waals surface area contributed by atoms with E-state index in [1.807, 2.05) is 42.7 Å². The largest absolute Gasteiger partial charge is 0.506 e. The Labute approximate surface area is 178 Å². The molecule has 2 aromatic heterocycles. The van der Waals surface area contributed by atoms with Gasteiger partial charge in [-0.25, -0.2) is 9.78 Å². The van der Waals surface area contributed by atoms with Crippen molar-refractivity contribution in [2.75, 3.05) is 20.7 Å². The topological polar surface area (TPSA) is 76.8 Å². The van der Waals surface area contributed by atoms with Gasteiger partial charge in [0.25, 0.3) is 0 Å². The van der Waals surface area contributed by atoms with E-state index in [0.29, 0.717) is 39.1 Å². The van der Waals surface area contributed by atoms with Crippen LogP contribution in [0.4, 0.5) is 0 Å². The minimum atomic E-state index is -0.445. The predicted octanol–water partition coefficient (Wildman–Crippen LogP) is 3.86. The van der Waals surface area contributed by atoms with Crippen LogP contribution in [0.3, 0.4) is 0 Å². The normalized spacial score (nSPS) is 11.2. The van der Waals surface area contributed by atoms with Crippen molar-refractivity contribution in [3.05, 3.63) is 51.8 Å². The van der Waals surface area contributed by atoms with Gasteiger partial charge in [0.2, 0.25) is 5.88 Å². The molecule has 0 saturated heterocycles. The third-order valence-electron chi connectivity index (χ3n) is 4.59. The van der Waals surface area contributed by atoms with Crippen LogP contribution in [-0.4, -0.2) is 46.2 Å². The summed E-state index contributed by atoms with van der Waals surface area (Å²) >= 11 is 3.43. The summed E-state index contributed by atoms with van der Waals surface area (Å²) in [5.74, 6) is 0.129. The molecule has 0 radical (unpaired) electrons. The van der Waals surface area contributed by atoms with Gasteiger partial charge in [0, 0.05) is 36.8 Å². The van der Waals surface area contributed by atoms with E-state index < -0.39 is 5.97 Å². The maximum absolute atomic E-state index is 12.9. The van der Waals surface area contributed by atoms with E-state index in [1.54, 1.807) is 25.3 Å². The monoisotopic (exact) mass is 461 g/mol. The van der Waals surface area contributed by atoms with Gasteiger partial charge in [0.05, 0.1) is 27.9 Å². The molecule has 3 aromatic rings. The molecule has 1 N–H and O–H groups in total. The standard InChI is InChI=1S/C21H24BrN3O4/c1-5-28-21(27)19-16(12-29-17-8-6-7-9-23-17)25(4)15-10-14(22)20(26)13(18(15)19)11-24(2)3/h6-10,26H,5,11-12H2,1-4H3. The van der Waals surface area contributed by atoms with Crippen LogP contribution in [0.5, 0.6) is 11.6 Å². The fourth-order valence-electron chi connectivity index (χ4n) is 3.32. The number of aromatic hydroxyl groups is 1. The molecular weight excluding hydrogens is 438 g/mol. The highest BCUT2D eigenvalue weighted by molar-refractivity contribution is 9.10. The van der Waals surface area contributed by atoms with E-state index >= 15 is 0 Å². The molecule has 0 aliphatic rings. The van der Waals surface area contributed by atoms with Crippen LogP contribution in [0.15, 0.2) is 34.9 Å². The van der Waals surface area contributed by atoms with Crippen molar-refractivity contribution in [1.29, 1.82) is 0 Å². The van der Waals surface area contributed by atoms with Crippen molar-refractivity contribution in [1.82, 2.24) is 14.5 Å². The Bertz CT molecular complexity index is 1030. The molecule has 0 atom stereocenters. The zero-order valence-corrected chi connectivity index (χ0v) is 18.5. The number of benzene rings is 1. The molecule has 0 unspecified atom stereocenters. The molecule has 0 saturated carbocycles. The quantitative estimate of drug-likeness (QED) is 0.538. The molecule has 0 aliphatic carbocycles. The number of nitrogens with zero attached hydrogens (tertiary/aromatic N) is 3. The van der Waals surface area contributed by atoms with Crippen molar-refractivity contribution in [3.63, 3.8) is 0 Å². The summed E-state index contributed by atoms with van der Waals surface area (Å²) in [5.41, 5.74) is 2.51. The van der Waals surface area contributed by atoms with Gasteiger partial charge in [-0.15, -0.1) is 0 Å². The average molecular weight is 462 g/mol. The van der Waals surface area contributed by atoms with Gasteiger partial charge in [0.1, 0.15) is 12.4 Å². The van der Waals surface area contributed by atoms with E-state index in [0.717, 1.165) is 5.52 Å². The van der Waals surface area contributed by atoms with Crippen molar-refractivity contribution in [2.24, 2.45) is 7.05 Å². The number of ether oxygens (including phenoxy) is 2. The van der Waals surface area contributed by atoms with Crippen molar-refractivity contribution in [2.45, 2.75) is 20.1 Å². The molecule has 7 nitrogen and oxygen atoms in total. The van der Waals surface area contributed by atoms with Crippen LogP contribution in [0.1, 0.15) is 28.5 Å². The van der Waals surface area contributed by atoms with Crippen LogP contribution in [0, 0.1) is 0 Å². The first kappa shape index (κ1) is 21.1. The molecule has 0 fully saturated rings. The number of phenolic OH excluding ortho intramolecular Hbond substituents is 1. The van der Waals surface area contributed by atoms with E-state index in [9.17, 15) is 9.90 Å². The number of halogens is 1. The number of pyridine rings is 1. The Kier molecular flexibility index (Phi) is 6.44. The number of aromatic nitrogens is 2. The molecule has 2 heterocycles. The summed E-state index contributed by atoms with van der Waals surface area (Å²) in [6, 6.07) is 7.20. The maximum atomic E-state index is 12.9. The Morgan fingerprint density at radius 3 is 2.72 bits per heavy atom.